The van der Waals surface area contributed by atoms with E-state index < -0.39 is 11.8 Å². The first-order valence-corrected chi connectivity index (χ1v) is 7.50. The van der Waals surface area contributed by atoms with Crippen LogP contribution < -0.4 is 21.1 Å². The Morgan fingerprint density at radius 1 is 1.33 bits per heavy atom. The number of hydrogen-bond donors (Lipinski definition) is 3. The maximum Gasteiger partial charge on any atom is 0.323 e. The van der Waals surface area contributed by atoms with Crippen LogP contribution in [0.15, 0.2) is 48.8 Å². The van der Waals surface area contributed by atoms with Crippen LogP contribution in [0.2, 0.25) is 0 Å². The van der Waals surface area contributed by atoms with E-state index in [-0.39, 0.29) is 11.4 Å². The topological polar surface area (TPSA) is 89.3 Å². The van der Waals surface area contributed by atoms with E-state index in [1.54, 1.807) is 12.1 Å². The third-order valence-corrected chi connectivity index (χ3v) is 2.96. The molecule has 1 aromatic heterocycles. The van der Waals surface area contributed by atoms with Gasteiger partial charge in [-0.15, -0.1) is 0 Å². The maximum absolute atomic E-state index is 14.1. The molecule has 1 aromatic carbocycles. The molecule has 0 saturated carbocycles. The molecule has 1 heterocycles. The monoisotopic (exact) mass is 330 g/mol. The van der Waals surface area contributed by atoms with Crippen molar-refractivity contribution in [3.63, 3.8) is 0 Å². The number of unbranched alkanes of at least 4 members (excludes halogenated alkanes) is 1. The van der Waals surface area contributed by atoms with E-state index in [9.17, 15) is 9.18 Å². The van der Waals surface area contributed by atoms with E-state index >= 15 is 0 Å². The van der Waals surface area contributed by atoms with E-state index in [4.69, 9.17) is 10.5 Å². The lowest BCUT2D eigenvalue weighted by Gasteiger charge is -2.09. The Hall–Kier alpha value is -3.09. The van der Waals surface area contributed by atoms with Gasteiger partial charge in [0.1, 0.15) is 23.1 Å². The van der Waals surface area contributed by atoms with Gasteiger partial charge in [0.15, 0.2) is 0 Å². The molecule has 0 aliphatic carbocycles. The second-order valence-electron chi connectivity index (χ2n) is 4.95. The Bertz CT molecular complexity index is 734. The molecule has 0 aliphatic heterocycles. The van der Waals surface area contributed by atoms with Gasteiger partial charge >= 0.3 is 6.03 Å². The summed E-state index contributed by atoms with van der Waals surface area (Å²) in [6.07, 6.45) is 6.70. The normalized spacial score (nSPS) is 10.6. The minimum atomic E-state index is -0.609. The fraction of sp³-hybridized carbons (Fsp3) is 0.176. The van der Waals surface area contributed by atoms with Crippen molar-refractivity contribution in [1.82, 2.24) is 10.3 Å². The number of carbonyl (C=O) groups is 1. The molecular weight excluding hydrogens is 311 g/mol. The van der Waals surface area contributed by atoms with Crippen molar-refractivity contribution in [2.45, 2.75) is 19.8 Å². The molecule has 2 rings (SSSR count). The lowest BCUT2D eigenvalue weighted by atomic mass is 10.3. The van der Waals surface area contributed by atoms with E-state index in [0.29, 0.717) is 11.6 Å². The SMILES string of the molecule is CCC/C=C/NC(=O)Nc1ccc(Oc2ccnc(N)c2)cc1F. The van der Waals surface area contributed by atoms with Gasteiger partial charge in [-0.25, -0.2) is 14.2 Å². The van der Waals surface area contributed by atoms with Crippen LogP contribution >= 0.6 is 0 Å². The molecule has 0 unspecified atom stereocenters. The number of nitrogen functional groups attached to an aromatic ring is 1. The molecule has 2 aromatic rings. The average molecular weight is 330 g/mol. The summed E-state index contributed by atoms with van der Waals surface area (Å²) in [5, 5.41) is 4.93. The van der Waals surface area contributed by atoms with Crippen LogP contribution in [0.25, 0.3) is 0 Å². The Kier molecular flexibility index (Phi) is 6.13. The summed E-state index contributed by atoms with van der Waals surface area (Å²) in [6.45, 7) is 2.03. The predicted molar refractivity (Wildman–Crippen MR) is 91.3 cm³/mol. The standard InChI is InChI=1S/C17H19FN4O2/c1-2-3-4-8-21-17(23)22-15-6-5-12(10-14(15)18)24-13-7-9-20-16(19)11-13/h4-11H,2-3H2,1H3,(H2,19,20)(H2,21,22,23)/b8-4+. The highest BCUT2D eigenvalue weighted by atomic mass is 19.1. The molecule has 4 N–H and O–H groups in total. The number of nitrogens with two attached hydrogens (primary N) is 1. The molecule has 0 bridgehead atoms. The smallest absolute Gasteiger partial charge is 0.323 e. The summed E-state index contributed by atoms with van der Waals surface area (Å²) < 4.78 is 19.6. The third-order valence-electron chi connectivity index (χ3n) is 2.96. The first-order chi connectivity index (χ1) is 11.6. The fourth-order valence-corrected chi connectivity index (χ4v) is 1.83. The Balaban J connectivity index is 1.98. The van der Waals surface area contributed by atoms with Gasteiger partial charge in [-0.3, -0.25) is 0 Å². The largest absolute Gasteiger partial charge is 0.457 e. The minimum Gasteiger partial charge on any atom is -0.457 e. The van der Waals surface area contributed by atoms with Crippen LogP contribution in [-0.2, 0) is 0 Å². The molecule has 2 amide bonds. The number of amides is 2. The number of nitrogens with zero attached hydrogens (tertiary/aromatic N) is 1. The van der Waals surface area contributed by atoms with Crippen LogP contribution in [0.5, 0.6) is 11.5 Å². The summed E-state index contributed by atoms with van der Waals surface area (Å²) in [5.41, 5.74) is 5.61. The first kappa shape index (κ1) is 17.3. The number of halogens is 1. The predicted octanol–water partition coefficient (Wildman–Crippen LogP) is 4.03. The zero-order chi connectivity index (χ0) is 17.4. The maximum atomic E-state index is 14.1. The lowest BCUT2D eigenvalue weighted by Crippen LogP contribution is -2.24. The van der Waals surface area contributed by atoms with Crippen molar-refractivity contribution >= 4 is 17.5 Å². The number of hydrogen-bond acceptors (Lipinski definition) is 4. The molecule has 0 spiro atoms. The van der Waals surface area contributed by atoms with Crippen molar-refractivity contribution in [3.05, 3.63) is 54.6 Å². The Labute approximate surface area is 139 Å². The number of urea groups is 1. The van der Waals surface area contributed by atoms with E-state index in [0.717, 1.165) is 12.8 Å². The molecule has 24 heavy (non-hydrogen) atoms. The first-order valence-electron chi connectivity index (χ1n) is 7.50. The summed E-state index contributed by atoms with van der Waals surface area (Å²) in [7, 11) is 0. The van der Waals surface area contributed by atoms with Gasteiger partial charge in [-0.1, -0.05) is 19.4 Å². The summed E-state index contributed by atoms with van der Waals surface area (Å²) in [6, 6.07) is 6.76. The molecule has 126 valence electrons. The number of ether oxygens (including phenoxy) is 1. The van der Waals surface area contributed by atoms with Gasteiger partial charge < -0.3 is 21.1 Å². The number of benzene rings is 1. The quantitative estimate of drug-likeness (QED) is 0.746. The zero-order valence-corrected chi connectivity index (χ0v) is 13.3. The van der Waals surface area contributed by atoms with Gasteiger partial charge in [-0.05, 0) is 24.6 Å². The molecule has 0 radical (unpaired) electrons. The Morgan fingerprint density at radius 2 is 2.12 bits per heavy atom. The average Bonchev–Trinajstić information content (AvgIpc) is 2.54. The number of rotatable bonds is 6. The van der Waals surface area contributed by atoms with Crippen LogP contribution in [0.4, 0.5) is 20.7 Å². The van der Waals surface area contributed by atoms with Crippen molar-refractivity contribution in [2.75, 3.05) is 11.1 Å². The fourth-order valence-electron chi connectivity index (χ4n) is 1.83. The molecule has 7 heteroatoms. The van der Waals surface area contributed by atoms with Crippen molar-refractivity contribution < 1.29 is 13.9 Å². The zero-order valence-electron chi connectivity index (χ0n) is 13.3. The van der Waals surface area contributed by atoms with Gasteiger partial charge in [0, 0.05) is 24.5 Å². The van der Waals surface area contributed by atoms with Crippen molar-refractivity contribution in [3.8, 4) is 11.5 Å². The molecule has 0 aliphatic rings. The molecular formula is C17H19FN4O2. The second kappa shape index (κ2) is 8.52. The van der Waals surface area contributed by atoms with Crippen molar-refractivity contribution in [2.24, 2.45) is 0 Å². The highest BCUT2D eigenvalue weighted by molar-refractivity contribution is 5.90. The number of anilines is 2. The highest BCUT2D eigenvalue weighted by Crippen LogP contribution is 2.26. The Morgan fingerprint density at radius 3 is 2.83 bits per heavy atom. The summed E-state index contributed by atoms with van der Waals surface area (Å²) >= 11 is 0. The summed E-state index contributed by atoms with van der Waals surface area (Å²) in [4.78, 5) is 15.5. The van der Waals surface area contributed by atoms with E-state index in [1.165, 1.54) is 30.6 Å². The van der Waals surface area contributed by atoms with Crippen LogP contribution in [-0.4, -0.2) is 11.0 Å². The van der Waals surface area contributed by atoms with Gasteiger partial charge in [0.25, 0.3) is 0 Å². The number of allylic oxidation sites excluding steroid dienone is 1. The number of carbonyl (C=O) groups excluding carboxylic acids is 1. The van der Waals surface area contributed by atoms with Crippen molar-refractivity contribution in [1.29, 1.82) is 0 Å². The van der Waals surface area contributed by atoms with Gasteiger partial charge in [-0.2, -0.15) is 0 Å². The third kappa shape index (κ3) is 5.28. The highest BCUT2D eigenvalue weighted by Gasteiger charge is 2.08. The number of aromatic nitrogens is 1. The van der Waals surface area contributed by atoms with Crippen LogP contribution in [0, 0.1) is 5.82 Å². The number of nitrogens with one attached hydrogen (secondary N) is 2. The van der Waals surface area contributed by atoms with Gasteiger partial charge in [0.05, 0.1) is 5.69 Å². The molecule has 0 saturated heterocycles. The molecule has 6 nitrogen and oxygen atoms in total. The lowest BCUT2D eigenvalue weighted by molar-refractivity contribution is 0.255. The van der Waals surface area contributed by atoms with Gasteiger partial charge in [0.2, 0.25) is 0 Å². The minimum absolute atomic E-state index is 0.0537. The van der Waals surface area contributed by atoms with Crippen LogP contribution in [0.1, 0.15) is 19.8 Å². The molecule has 0 fully saturated rings. The summed E-state index contributed by atoms with van der Waals surface area (Å²) in [5.74, 6) is 0.426. The van der Waals surface area contributed by atoms with Crippen LogP contribution in [0.3, 0.4) is 0 Å². The number of pyridine rings is 1. The van der Waals surface area contributed by atoms with E-state index in [1.807, 2.05) is 13.0 Å². The second-order valence-corrected chi connectivity index (χ2v) is 4.95. The molecule has 0 atom stereocenters. The van der Waals surface area contributed by atoms with E-state index in [2.05, 4.69) is 15.6 Å².